The summed E-state index contributed by atoms with van der Waals surface area (Å²) >= 11 is 6.89. The summed E-state index contributed by atoms with van der Waals surface area (Å²) in [4.78, 5) is 22.0. The van der Waals surface area contributed by atoms with Gasteiger partial charge in [-0.15, -0.1) is 0 Å². The van der Waals surface area contributed by atoms with Crippen molar-refractivity contribution in [2.24, 2.45) is 5.10 Å². The van der Waals surface area contributed by atoms with Gasteiger partial charge in [0.25, 0.3) is 11.6 Å². The van der Waals surface area contributed by atoms with Crippen molar-refractivity contribution in [3.8, 4) is 0 Å². The number of benzene rings is 2. The molecule has 25 heavy (non-hydrogen) atoms. The number of rotatable bonds is 6. The van der Waals surface area contributed by atoms with E-state index in [2.05, 4.69) is 47.7 Å². The van der Waals surface area contributed by atoms with E-state index >= 15 is 0 Å². The van der Waals surface area contributed by atoms with E-state index in [1.165, 1.54) is 18.3 Å². The Morgan fingerprint density at radius 2 is 1.96 bits per heavy atom. The van der Waals surface area contributed by atoms with Crippen molar-refractivity contribution in [1.29, 1.82) is 0 Å². The number of halogens is 2. The van der Waals surface area contributed by atoms with E-state index in [1.54, 1.807) is 12.1 Å². The first-order valence-corrected chi connectivity index (χ1v) is 8.71. The highest BCUT2D eigenvalue weighted by molar-refractivity contribution is 9.11. The molecular weight excluding hydrogens is 456 g/mol. The summed E-state index contributed by atoms with van der Waals surface area (Å²) in [5.74, 6) is -0.338. The number of carbonyl (C=O) groups is 1. The number of nitro benzene ring substituents is 1. The van der Waals surface area contributed by atoms with Gasteiger partial charge in [-0.05, 0) is 24.6 Å². The zero-order valence-corrected chi connectivity index (χ0v) is 16.3. The highest BCUT2D eigenvalue weighted by atomic mass is 79.9. The second kappa shape index (κ2) is 8.72. The summed E-state index contributed by atoms with van der Waals surface area (Å²) in [6.45, 7) is 2.00. The molecule has 0 aliphatic heterocycles. The van der Waals surface area contributed by atoms with Crippen LogP contribution in [0.1, 0.15) is 11.1 Å². The van der Waals surface area contributed by atoms with Gasteiger partial charge in [-0.1, -0.05) is 44.0 Å². The average Bonchev–Trinajstić information content (AvgIpc) is 2.58. The summed E-state index contributed by atoms with van der Waals surface area (Å²) in [6.07, 6.45) is 1.35. The van der Waals surface area contributed by atoms with Crippen LogP contribution in [-0.4, -0.2) is 23.6 Å². The first-order chi connectivity index (χ1) is 11.9. The number of hydrogen-bond donors (Lipinski definition) is 2. The minimum Gasteiger partial charge on any atom is -0.376 e. The van der Waals surface area contributed by atoms with Crippen LogP contribution >= 0.6 is 31.9 Å². The average molecular weight is 470 g/mol. The number of carbonyl (C=O) groups excluding carboxylic acids is 1. The Kier molecular flexibility index (Phi) is 6.65. The molecule has 0 spiro atoms. The fraction of sp³-hybridized carbons (Fsp3) is 0.125. The second-order valence-electron chi connectivity index (χ2n) is 5.06. The van der Waals surface area contributed by atoms with Gasteiger partial charge in [0.1, 0.15) is 0 Å². The maximum atomic E-state index is 11.8. The van der Waals surface area contributed by atoms with Crippen molar-refractivity contribution in [2.75, 3.05) is 11.9 Å². The lowest BCUT2D eigenvalue weighted by molar-refractivity contribution is -0.384. The van der Waals surface area contributed by atoms with Crippen LogP contribution in [0.3, 0.4) is 0 Å². The van der Waals surface area contributed by atoms with Gasteiger partial charge in [-0.2, -0.15) is 5.10 Å². The summed E-state index contributed by atoms with van der Waals surface area (Å²) in [5, 5.41) is 17.5. The number of nitro groups is 1. The lowest BCUT2D eigenvalue weighted by Gasteiger charge is -2.09. The van der Waals surface area contributed by atoms with Crippen molar-refractivity contribution in [2.45, 2.75) is 6.92 Å². The smallest absolute Gasteiger partial charge is 0.270 e. The number of hydrazone groups is 1. The number of amides is 1. The Hall–Kier alpha value is -2.26. The van der Waals surface area contributed by atoms with Gasteiger partial charge in [0.2, 0.25) is 0 Å². The minimum atomic E-state index is -0.488. The third kappa shape index (κ3) is 5.64. The zero-order chi connectivity index (χ0) is 18.4. The molecule has 0 aromatic heterocycles. The fourth-order valence-electron chi connectivity index (χ4n) is 1.87. The molecule has 9 heteroatoms. The van der Waals surface area contributed by atoms with Gasteiger partial charge in [-0.3, -0.25) is 14.9 Å². The molecule has 2 N–H and O–H groups in total. The Labute approximate surface area is 160 Å². The molecule has 2 aromatic rings. The normalized spacial score (nSPS) is 10.7. The van der Waals surface area contributed by atoms with Crippen molar-refractivity contribution in [3.05, 3.63) is 66.6 Å². The SMILES string of the molecule is Cc1c(Br)cc(NCC(=O)N/N=C\c2cccc([N+](=O)[O-])c2)cc1Br. The number of anilines is 1. The molecule has 0 unspecified atom stereocenters. The van der Waals surface area contributed by atoms with E-state index < -0.39 is 4.92 Å². The van der Waals surface area contributed by atoms with Crippen LogP contribution in [0, 0.1) is 17.0 Å². The predicted octanol–water partition coefficient (Wildman–Crippen LogP) is 3.99. The zero-order valence-electron chi connectivity index (χ0n) is 13.1. The molecule has 0 aliphatic carbocycles. The van der Waals surface area contributed by atoms with Crippen molar-refractivity contribution >= 4 is 55.4 Å². The van der Waals surface area contributed by atoms with Crippen LogP contribution < -0.4 is 10.7 Å². The molecule has 0 saturated carbocycles. The van der Waals surface area contributed by atoms with Gasteiger partial charge in [0, 0.05) is 32.3 Å². The third-order valence-electron chi connectivity index (χ3n) is 3.22. The van der Waals surface area contributed by atoms with Crippen LogP contribution in [0.15, 0.2) is 50.4 Å². The van der Waals surface area contributed by atoms with Crippen LogP contribution in [0.5, 0.6) is 0 Å². The largest absolute Gasteiger partial charge is 0.376 e. The number of nitrogens with zero attached hydrogens (tertiary/aromatic N) is 2. The van der Waals surface area contributed by atoms with Gasteiger partial charge >= 0.3 is 0 Å². The lowest BCUT2D eigenvalue weighted by Crippen LogP contribution is -2.25. The molecule has 0 aliphatic rings. The monoisotopic (exact) mass is 468 g/mol. The Bertz CT molecular complexity index is 817. The Morgan fingerprint density at radius 3 is 2.60 bits per heavy atom. The van der Waals surface area contributed by atoms with Crippen LogP contribution in [0.25, 0.3) is 0 Å². The molecule has 0 bridgehead atoms. The van der Waals surface area contributed by atoms with Crippen molar-refractivity contribution in [1.82, 2.24) is 5.43 Å². The molecule has 0 heterocycles. The quantitative estimate of drug-likeness (QED) is 0.379. The van der Waals surface area contributed by atoms with E-state index in [4.69, 9.17) is 0 Å². The molecule has 2 aromatic carbocycles. The molecule has 7 nitrogen and oxygen atoms in total. The molecule has 0 saturated heterocycles. The first-order valence-electron chi connectivity index (χ1n) is 7.12. The maximum Gasteiger partial charge on any atom is 0.270 e. The van der Waals surface area contributed by atoms with E-state index in [0.29, 0.717) is 5.56 Å². The van der Waals surface area contributed by atoms with E-state index in [1.807, 2.05) is 19.1 Å². The third-order valence-corrected chi connectivity index (χ3v) is 4.87. The topological polar surface area (TPSA) is 96.6 Å². The molecule has 0 atom stereocenters. The number of hydrogen-bond acceptors (Lipinski definition) is 5. The molecule has 2 rings (SSSR count). The van der Waals surface area contributed by atoms with Crippen LogP contribution in [0.4, 0.5) is 11.4 Å². The summed E-state index contributed by atoms with van der Waals surface area (Å²) in [5.41, 5.74) is 4.70. The molecule has 0 fully saturated rings. The van der Waals surface area contributed by atoms with Crippen molar-refractivity contribution < 1.29 is 9.72 Å². The lowest BCUT2D eigenvalue weighted by atomic mass is 10.2. The van der Waals surface area contributed by atoms with E-state index in [9.17, 15) is 14.9 Å². The highest BCUT2D eigenvalue weighted by Gasteiger charge is 2.06. The summed E-state index contributed by atoms with van der Waals surface area (Å²) in [6, 6.07) is 9.71. The van der Waals surface area contributed by atoms with Crippen LogP contribution in [-0.2, 0) is 4.79 Å². The molecule has 1 amide bonds. The first kappa shape index (κ1) is 19.1. The number of nitrogens with one attached hydrogen (secondary N) is 2. The van der Waals surface area contributed by atoms with E-state index in [0.717, 1.165) is 20.2 Å². The van der Waals surface area contributed by atoms with Gasteiger partial charge in [0.05, 0.1) is 17.7 Å². The molecule has 0 radical (unpaired) electrons. The Morgan fingerprint density at radius 1 is 1.28 bits per heavy atom. The summed E-state index contributed by atoms with van der Waals surface area (Å²) in [7, 11) is 0. The predicted molar refractivity (Wildman–Crippen MR) is 104 cm³/mol. The highest BCUT2D eigenvalue weighted by Crippen LogP contribution is 2.28. The van der Waals surface area contributed by atoms with Crippen molar-refractivity contribution in [3.63, 3.8) is 0 Å². The summed E-state index contributed by atoms with van der Waals surface area (Å²) < 4.78 is 1.85. The molecular formula is C16H14Br2N4O3. The van der Waals surface area contributed by atoms with E-state index in [-0.39, 0.29) is 18.1 Å². The Balaban J connectivity index is 1.88. The standard InChI is InChI=1S/C16H14Br2N4O3/c1-10-14(17)6-12(7-15(10)18)19-9-16(23)21-20-8-11-3-2-4-13(5-11)22(24)25/h2-8,19H,9H2,1H3,(H,21,23)/b20-8-. The van der Waals surface area contributed by atoms with Crippen LogP contribution in [0.2, 0.25) is 0 Å². The molecule has 130 valence electrons. The van der Waals surface area contributed by atoms with Gasteiger partial charge in [0.15, 0.2) is 0 Å². The van der Waals surface area contributed by atoms with Gasteiger partial charge < -0.3 is 5.32 Å². The fourth-order valence-corrected chi connectivity index (χ4v) is 3.05. The van der Waals surface area contributed by atoms with Gasteiger partial charge in [-0.25, -0.2) is 5.43 Å². The number of non-ortho nitro benzene ring substituents is 1. The second-order valence-corrected chi connectivity index (χ2v) is 6.77. The maximum absolute atomic E-state index is 11.8. The minimum absolute atomic E-state index is 0.0348.